The van der Waals surface area contributed by atoms with Gasteiger partial charge in [-0.25, -0.2) is 4.79 Å². The Balaban J connectivity index is 1.89. The van der Waals surface area contributed by atoms with Crippen LogP contribution in [0.1, 0.15) is 0 Å². The van der Waals surface area contributed by atoms with Crippen LogP contribution in [0.4, 0.5) is 10.5 Å². The highest BCUT2D eigenvalue weighted by Crippen LogP contribution is 2.19. The molecule has 1 heterocycles. The third kappa shape index (κ3) is 2.40. The predicted molar refractivity (Wildman–Crippen MR) is 82.4 cm³/mol. The maximum atomic E-state index is 12.3. The summed E-state index contributed by atoms with van der Waals surface area (Å²) in [5.41, 5.74) is 1.56. The number of para-hydroxylation sites is 1. The number of amides is 1. The van der Waals surface area contributed by atoms with Gasteiger partial charge < -0.3 is 5.32 Å². The van der Waals surface area contributed by atoms with Crippen LogP contribution in [0.25, 0.3) is 10.9 Å². The van der Waals surface area contributed by atoms with Crippen molar-refractivity contribution in [3.63, 3.8) is 0 Å². The highest BCUT2D eigenvalue weighted by molar-refractivity contribution is 7.98. The number of aromatic nitrogens is 2. The molecule has 5 heteroatoms. The van der Waals surface area contributed by atoms with Crippen molar-refractivity contribution in [3.05, 3.63) is 54.7 Å². The van der Waals surface area contributed by atoms with Crippen molar-refractivity contribution in [2.24, 2.45) is 0 Å². The second kappa shape index (κ2) is 5.38. The number of hydrogen-bond acceptors (Lipinski definition) is 3. The Labute approximate surface area is 120 Å². The van der Waals surface area contributed by atoms with Crippen molar-refractivity contribution in [3.8, 4) is 0 Å². The normalized spacial score (nSPS) is 10.7. The molecule has 0 aliphatic heterocycles. The SMILES string of the molecule is CSc1cccc(NC(=O)n2ncc3ccccc32)c1. The van der Waals surface area contributed by atoms with Crippen LogP contribution in [-0.2, 0) is 0 Å². The number of carbonyl (C=O) groups excluding carboxylic acids is 1. The first kappa shape index (κ1) is 12.7. The van der Waals surface area contributed by atoms with Crippen molar-refractivity contribution in [1.82, 2.24) is 9.78 Å². The molecule has 1 aromatic heterocycles. The van der Waals surface area contributed by atoms with Gasteiger partial charge in [0.05, 0.1) is 11.7 Å². The molecule has 0 radical (unpaired) electrons. The molecule has 2 aromatic carbocycles. The molecule has 0 bridgehead atoms. The maximum absolute atomic E-state index is 12.3. The molecule has 1 N–H and O–H groups in total. The molecular formula is C15H13N3OS. The zero-order valence-corrected chi connectivity index (χ0v) is 11.7. The van der Waals surface area contributed by atoms with Crippen LogP contribution in [0.5, 0.6) is 0 Å². The van der Waals surface area contributed by atoms with E-state index in [1.54, 1.807) is 18.0 Å². The quantitative estimate of drug-likeness (QED) is 0.727. The number of nitrogens with zero attached hydrogens (tertiary/aromatic N) is 2. The number of thioether (sulfide) groups is 1. The summed E-state index contributed by atoms with van der Waals surface area (Å²) in [4.78, 5) is 13.4. The monoisotopic (exact) mass is 283 g/mol. The molecule has 3 aromatic rings. The number of rotatable bonds is 2. The van der Waals surface area contributed by atoms with Crippen molar-refractivity contribution >= 4 is 34.4 Å². The lowest BCUT2D eigenvalue weighted by Crippen LogP contribution is -2.20. The Morgan fingerprint density at radius 3 is 2.90 bits per heavy atom. The van der Waals surface area contributed by atoms with Crippen LogP contribution in [0.3, 0.4) is 0 Å². The average molecular weight is 283 g/mol. The Hall–Kier alpha value is -2.27. The summed E-state index contributed by atoms with van der Waals surface area (Å²) >= 11 is 1.64. The highest BCUT2D eigenvalue weighted by Gasteiger charge is 2.10. The molecule has 0 aliphatic carbocycles. The molecule has 0 spiro atoms. The van der Waals surface area contributed by atoms with Gasteiger partial charge in [0.2, 0.25) is 0 Å². The van der Waals surface area contributed by atoms with E-state index in [0.717, 1.165) is 21.5 Å². The Bertz CT molecular complexity index is 766. The van der Waals surface area contributed by atoms with Crippen LogP contribution in [0.15, 0.2) is 59.6 Å². The molecular weight excluding hydrogens is 270 g/mol. The van der Waals surface area contributed by atoms with Gasteiger partial charge in [0.25, 0.3) is 0 Å². The molecule has 0 unspecified atom stereocenters. The number of carbonyl (C=O) groups is 1. The van der Waals surface area contributed by atoms with E-state index >= 15 is 0 Å². The minimum Gasteiger partial charge on any atom is -0.306 e. The average Bonchev–Trinajstić information content (AvgIpc) is 2.91. The van der Waals surface area contributed by atoms with Crippen LogP contribution in [0.2, 0.25) is 0 Å². The number of benzene rings is 2. The van der Waals surface area contributed by atoms with Gasteiger partial charge in [0, 0.05) is 16.0 Å². The van der Waals surface area contributed by atoms with Crippen LogP contribution in [-0.4, -0.2) is 22.1 Å². The number of fused-ring (bicyclic) bond motifs is 1. The second-order valence-corrected chi connectivity index (χ2v) is 5.16. The highest BCUT2D eigenvalue weighted by atomic mass is 32.2. The summed E-state index contributed by atoms with van der Waals surface area (Å²) < 4.78 is 1.38. The smallest absolute Gasteiger partial charge is 0.306 e. The fourth-order valence-electron chi connectivity index (χ4n) is 2.01. The van der Waals surface area contributed by atoms with Crippen LogP contribution >= 0.6 is 11.8 Å². The second-order valence-electron chi connectivity index (χ2n) is 4.28. The lowest BCUT2D eigenvalue weighted by molar-refractivity contribution is 0.252. The van der Waals surface area contributed by atoms with E-state index in [1.807, 2.05) is 54.8 Å². The van der Waals surface area contributed by atoms with Gasteiger partial charge in [0.15, 0.2) is 0 Å². The van der Waals surface area contributed by atoms with Gasteiger partial charge in [-0.1, -0.05) is 24.3 Å². The van der Waals surface area contributed by atoms with Gasteiger partial charge in [-0.3, -0.25) is 0 Å². The first-order valence-corrected chi connectivity index (χ1v) is 7.38. The largest absolute Gasteiger partial charge is 0.347 e. The zero-order valence-electron chi connectivity index (χ0n) is 10.9. The van der Waals surface area contributed by atoms with E-state index in [-0.39, 0.29) is 6.03 Å². The Morgan fingerprint density at radius 1 is 1.20 bits per heavy atom. The van der Waals surface area contributed by atoms with Gasteiger partial charge in [-0.05, 0) is 30.5 Å². The number of hydrogen-bond donors (Lipinski definition) is 1. The summed E-state index contributed by atoms with van der Waals surface area (Å²) in [6, 6.07) is 15.1. The van der Waals surface area contributed by atoms with E-state index in [0.29, 0.717) is 0 Å². The third-order valence-electron chi connectivity index (χ3n) is 2.99. The van der Waals surface area contributed by atoms with Crippen LogP contribution < -0.4 is 5.32 Å². The van der Waals surface area contributed by atoms with Crippen molar-refractivity contribution in [2.75, 3.05) is 11.6 Å². The third-order valence-corrected chi connectivity index (χ3v) is 3.72. The molecule has 0 saturated carbocycles. The lowest BCUT2D eigenvalue weighted by Gasteiger charge is -2.07. The summed E-state index contributed by atoms with van der Waals surface area (Å²) in [6.07, 6.45) is 3.69. The van der Waals surface area contributed by atoms with Crippen molar-refractivity contribution < 1.29 is 4.79 Å². The standard InChI is InChI=1S/C15H13N3OS/c1-20-13-7-4-6-12(9-13)17-15(19)18-14-8-3-2-5-11(14)10-16-18/h2-10H,1H3,(H,17,19). The van der Waals surface area contributed by atoms with Crippen molar-refractivity contribution in [2.45, 2.75) is 4.90 Å². The summed E-state index contributed by atoms with van der Waals surface area (Å²) in [7, 11) is 0. The number of anilines is 1. The fourth-order valence-corrected chi connectivity index (χ4v) is 2.47. The van der Waals surface area contributed by atoms with Gasteiger partial charge in [-0.2, -0.15) is 9.78 Å². The topological polar surface area (TPSA) is 46.9 Å². The fraction of sp³-hybridized carbons (Fsp3) is 0.0667. The maximum Gasteiger partial charge on any atom is 0.347 e. The first-order valence-electron chi connectivity index (χ1n) is 6.16. The van der Waals surface area contributed by atoms with Gasteiger partial charge in [0.1, 0.15) is 0 Å². The molecule has 0 aliphatic rings. The first-order chi connectivity index (χ1) is 9.78. The molecule has 0 fully saturated rings. The van der Waals surface area contributed by atoms with Crippen LogP contribution in [0, 0.1) is 0 Å². The Kier molecular flexibility index (Phi) is 3.43. The van der Waals surface area contributed by atoms with Gasteiger partial charge in [-0.15, -0.1) is 11.8 Å². The Morgan fingerprint density at radius 2 is 2.05 bits per heavy atom. The van der Waals surface area contributed by atoms with E-state index in [9.17, 15) is 4.79 Å². The van der Waals surface area contributed by atoms with E-state index in [2.05, 4.69) is 10.4 Å². The van der Waals surface area contributed by atoms with Gasteiger partial charge >= 0.3 is 6.03 Å². The minimum atomic E-state index is -0.260. The van der Waals surface area contributed by atoms with E-state index in [1.165, 1.54) is 4.68 Å². The number of nitrogens with one attached hydrogen (secondary N) is 1. The summed E-state index contributed by atoms with van der Waals surface area (Å²) in [5, 5.41) is 7.94. The molecule has 0 saturated heterocycles. The summed E-state index contributed by atoms with van der Waals surface area (Å²) in [6.45, 7) is 0. The molecule has 20 heavy (non-hydrogen) atoms. The van der Waals surface area contributed by atoms with Crippen molar-refractivity contribution in [1.29, 1.82) is 0 Å². The van der Waals surface area contributed by atoms with E-state index in [4.69, 9.17) is 0 Å². The minimum absolute atomic E-state index is 0.260. The molecule has 0 atom stereocenters. The lowest BCUT2D eigenvalue weighted by atomic mass is 10.3. The molecule has 1 amide bonds. The van der Waals surface area contributed by atoms with E-state index < -0.39 is 0 Å². The predicted octanol–water partition coefficient (Wildman–Crippen LogP) is 3.84. The molecule has 3 rings (SSSR count). The molecule has 100 valence electrons. The molecule has 4 nitrogen and oxygen atoms in total. The zero-order chi connectivity index (χ0) is 13.9. The summed E-state index contributed by atoms with van der Waals surface area (Å²) in [5.74, 6) is 0.